The number of carbonyl (C=O) groups is 1. The maximum Gasteiger partial charge on any atom is 0.316 e. The van der Waals surface area contributed by atoms with Crippen LogP contribution in [0.4, 0.5) is 0 Å². The van der Waals surface area contributed by atoms with Crippen molar-refractivity contribution in [1.29, 1.82) is 0 Å². The second-order valence-electron chi connectivity index (χ2n) is 25.9. The van der Waals surface area contributed by atoms with Crippen LogP contribution in [0, 0.1) is 39.4 Å². The van der Waals surface area contributed by atoms with E-state index in [0.717, 1.165) is 44.1 Å². The van der Waals surface area contributed by atoms with Gasteiger partial charge in [0.1, 0.15) is 103 Å². The first-order valence-electron chi connectivity index (χ1n) is 28.0. The maximum absolute atomic E-state index is 14.6. The fraction of sp³-hybridized carbons (Fsp3) is 0.944. The van der Waals surface area contributed by atoms with Crippen LogP contribution in [-0.4, -0.2) is 247 Å². The summed E-state index contributed by atoms with van der Waals surface area (Å²) in [5, 5.41) is 133. The third-order valence-electron chi connectivity index (χ3n) is 21.0. The highest BCUT2D eigenvalue weighted by Crippen LogP contribution is 2.76. The Kier molecular flexibility index (Phi) is 16.4. The minimum atomic E-state index is -2.00. The summed E-state index contributed by atoms with van der Waals surface area (Å²) in [5.74, 6) is -0.547. The average Bonchev–Trinajstić information content (AvgIpc) is 4.01. The molecule has 3 saturated carbocycles. The van der Waals surface area contributed by atoms with Gasteiger partial charge in [0, 0.05) is 13.0 Å². The number of fused-ring (bicyclic) bond motifs is 4. The summed E-state index contributed by atoms with van der Waals surface area (Å²) in [7, 11) is 1.19. The lowest BCUT2D eigenvalue weighted by molar-refractivity contribution is -0.392. The summed E-state index contributed by atoms with van der Waals surface area (Å²) in [6, 6.07) is 0. The molecule has 24 heteroatoms. The van der Waals surface area contributed by atoms with Gasteiger partial charge in [-0.25, -0.2) is 0 Å². The molecule has 29 atom stereocenters. The molecule has 0 amide bonds. The van der Waals surface area contributed by atoms with E-state index < -0.39 is 176 Å². The summed E-state index contributed by atoms with van der Waals surface area (Å²) in [6.45, 7) is 12.0. The summed E-state index contributed by atoms with van der Waals surface area (Å²) >= 11 is 0. The van der Waals surface area contributed by atoms with E-state index in [1.807, 2.05) is 13.0 Å². The van der Waals surface area contributed by atoms with E-state index in [0.29, 0.717) is 12.8 Å². The van der Waals surface area contributed by atoms with E-state index >= 15 is 0 Å². The highest BCUT2D eigenvalue weighted by Gasteiger charge is 2.80. The Labute approximate surface area is 453 Å². The SMILES string of the molecule is COC1C(O)C(CO)OC(OC2C(O)C(CO)OC(OC3C(CO)OC(OC4C(OC5CCC6(C)C7=CC(O)C89C(=O)OC(C)(C%10CCC(C)(C)O%10)C8CCC9(C)C7CCC6C5(C)C)OCC(O)C4O)C(O)C3O)C2O)C1O. The minimum Gasteiger partial charge on any atom is -0.456 e. The Balaban J connectivity index is 0.826. The highest BCUT2D eigenvalue weighted by molar-refractivity contribution is 5.84. The van der Waals surface area contributed by atoms with Crippen molar-refractivity contribution in [2.45, 2.75) is 246 Å². The number of allylic oxidation sites excluding steroid dienone is 1. The lowest BCUT2D eigenvalue weighted by Crippen LogP contribution is -2.67. The van der Waals surface area contributed by atoms with E-state index in [-0.39, 0.29) is 42.0 Å². The quantitative estimate of drug-likeness (QED) is 0.0527. The van der Waals surface area contributed by atoms with Crippen LogP contribution in [0.15, 0.2) is 11.6 Å². The predicted octanol–water partition coefficient (Wildman–Crippen LogP) is -2.23. The molecule has 10 aliphatic rings. The number of ether oxygens (including phenoxy) is 11. The molecular formula is C54H86O24. The number of aliphatic hydroxyl groups is 12. The van der Waals surface area contributed by atoms with Crippen LogP contribution >= 0.6 is 0 Å². The summed E-state index contributed by atoms with van der Waals surface area (Å²) in [6.07, 6.45) is -25.7. The van der Waals surface area contributed by atoms with Gasteiger partial charge in [-0.05, 0) is 100 Å². The number of esters is 1. The van der Waals surface area contributed by atoms with Crippen LogP contribution in [0.2, 0.25) is 0 Å². The van der Waals surface area contributed by atoms with Gasteiger partial charge in [-0.1, -0.05) is 39.3 Å². The van der Waals surface area contributed by atoms with E-state index in [1.165, 1.54) is 7.11 Å². The fourth-order valence-electron chi connectivity index (χ4n) is 16.8. The number of hydrogen-bond donors (Lipinski definition) is 12. The minimum absolute atomic E-state index is 0.00724. The molecule has 10 rings (SSSR count). The molecule has 0 aromatic heterocycles. The van der Waals surface area contributed by atoms with E-state index in [9.17, 15) is 66.1 Å². The van der Waals surface area contributed by atoms with Crippen molar-refractivity contribution >= 4 is 5.97 Å². The van der Waals surface area contributed by atoms with Gasteiger partial charge in [-0.2, -0.15) is 0 Å². The van der Waals surface area contributed by atoms with Gasteiger partial charge in [0.15, 0.2) is 25.2 Å². The molecule has 12 N–H and O–H groups in total. The summed E-state index contributed by atoms with van der Waals surface area (Å²) in [4.78, 5) is 14.6. The number of aliphatic hydroxyl groups excluding tert-OH is 12. The first-order valence-corrected chi connectivity index (χ1v) is 28.0. The second kappa shape index (κ2) is 21.4. The Morgan fingerprint density at radius 2 is 1.17 bits per heavy atom. The van der Waals surface area contributed by atoms with Crippen molar-refractivity contribution in [3.63, 3.8) is 0 Å². The van der Waals surface area contributed by atoms with Crippen molar-refractivity contribution in [1.82, 2.24) is 0 Å². The number of rotatable bonds is 13. The monoisotopic (exact) mass is 1120 g/mol. The number of hydrogen-bond acceptors (Lipinski definition) is 24. The van der Waals surface area contributed by atoms with Gasteiger partial charge < -0.3 is 113 Å². The molecule has 78 heavy (non-hydrogen) atoms. The fourth-order valence-corrected chi connectivity index (χ4v) is 16.8. The van der Waals surface area contributed by atoms with E-state index in [2.05, 4.69) is 41.5 Å². The Morgan fingerprint density at radius 1 is 0.577 bits per heavy atom. The van der Waals surface area contributed by atoms with Gasteiger partial charge in [-0.15, -0.1) is 0 Å². The zero-order chi connectivity index (χ0) is 56.6. The van der Waals surface area contributed by atoms with Crippen LogP contribution in [0.5, 0.6) is 0 Å². The number of methoxy groups -OCH3 is 1. The van der Waals surface area contributed by atoms with Gasteiger partial charge in [0.2, 0.25) is 0 Å². The van der Waals surface area contributed by atoms with Gasteiger partial charge >= 0.3 is 5.97 Å². The Bertz CT molecular complexity index is 2180. The van der Waals surface area contributed by atoms with E-state index in [1.54, 1.807) is 0 Å². The molecule has 0 aromatic carbocycles. The molecule has 9 fully saturated rings. The van der Waals surface area contributed by atoms with Crippen molar-refractivity contribution in [3.05, 3.63) is 11.6 Å². The summed E-state index contributed by atoms with van der Waals surface area (Å²) in [5.41, 5.74) is -2.74. The molecule has 6 aliphatic heterocycles. The van der Waals surface area contributed by atoms with Gasteiger partial charge in [-0.3, -0.25) is 4.79 Å². The molecule has 1 spiro atoms. The molecular weight excluding hydrogens is 1030 g/mol. The van der Waals surface area contributed by atoms with Gasteiger partial charge in [0.05, 0.1) is 50.3 Å². The molecule has 0 aromatic rings. The lowest BCUT2D eigenvalue weighted by atomic mass is 9.40. The number of cyclic esters (lactones) is 1. The zero-order valence-electron chi connectivity index (χ0n) is 45.8. The maximum atomic E-state index is 14.6. The van der Waals surface area contributed by atoms with Crippen molar-refractivity contribution in [2.24, 2.45) is 39.4 Å². The smallest absolute Gasteiger partial charge is 0.316 e. The Morgan fingerprint density at radius 3 is 1.78 bits per heavy atom. The molecule has 0 radical (unpaired) electrons. The first-order chi connectivity index (χ1) is 36.7. The van der Waals surface area contributed by atoms with Gasteiger partial charge in [0.25, 0.3) is 0 Å². The standard InChI is InChI=1S/C54H86O24/c1-49(2)14-12-32(77-49)53(7)29-11-16-52(6)22-9-10-28-50(3,4)31(13-15-51(28,5)23(22)17-30(59)54(29,52)48(67)78-53)73-47-43(33(60)24(58)21-69-47)76-44-37(64)36(63)40(27(20-57)72-44)74-46-39(66)42(35(62)26(19-56)71-46)75-45-38(65)41(68-8)34(61)25(18-55)70-45/h17,22,24-47,55-66H,9-16,18-21H2,1-8H3. The average molecular weight is 1120 g/mol. The lowest BCUT2D eigenvalue weighted by Gasteiger charge is -2.64. The first kappa shape index (κ1) is 59.5. The normalized spacial score (nSPS) is 54.6. The molecule has 0 bridgehead atoms. The molecule has 446 valence electrons. The van der Waals surface area contributed by atoms with Crippen LogP contribution < -0.4 is 0 Å². The molecule has 24 nitrogen and oxygen atoms in total. The largest absolute Gasteiger partial charge is 0.456 e. The van der Waals surface area contributed by atoms with Crippen molar-refractivity contribution < 1.29 is 118 Å². The van der Waals surface area contributed by atoms with E-state index in [4.69, 9.17) is 52.1 Å². The van der Waals surface area contributed by atoms with Crippen molar-refractivity contribution in [2.75, 3.05) is 33.5 Å². The third-order valence-corrected chi connectivity index (χ3v) is 21.0. The molecule has 6 saturated heterocycles. The van der Waals surface area contributed by atoms with Crippen LogP contribution in [0.1, 0.15) is 99.8 Å². The third kappa shape index (κ3) is 9.12. The zero-order valence-corrected chi connectivity index (χ0v) is 45.8. The second-order valence-corrected chi connectivity index (χ2v) is 25.9. The molecule has 4 aliphatic carbocycles. The van der Waals surface area contributed by atoms with Crippen LogP contribution in [0.3, 0.4) is 0 Å². The van der Waals surface area contributed by atoms with Crippen molar-refractivity contribution in [3.8, 4) is 0 Å². The molecule has 6 heterocycles. The van der Waals surface area contributed by atoms with Crippen LogP contribution in [0.25, 0.3) is 0 Å². The van der Waals surface area contributed by atoms with Crippen LogP contribution in [-0.2, 0) is 56.9 Å². The highest BCUT2D eigenvalue weighted by atomic mass is 16.8. The topological polar surface area (TPSA) is 361 Å². The number of carbonyl (C=O) groups excluding carboxylic acids is 1. The Hall–Kier alpha value is -1.67. The molecule has 29 unspecified atom stereocenters. The predicted molar refractivity (Wildman–Crippen MR) is 263 cm³/mol. The summed E-state index contributed by atoms with van der Waals surface area (Å²) < 4.78 is 66.1.